The zero-order valence-electron chi connectivity index (χ0n) is 10.9. The van der Waals surface area contributed by atoms with Gasteiger partial charge in [-0.05, 0) is 0 Å². The molecule has 0 saturated heterocycles. The van der Waals surface area contributed by atoms with Gasteiger partial charge in [-0.2, -0.15) is 35.4 Å². The van der Waals surface area contributed by atoms with Gasteiger partial charge < -0.3 is 0 Å². The van der Waals surface area contributed by atoms with Crippen molar-refractivity contribution in [1.82, 2.24) is 0 Å². The molecule has 0 bridgehead atoms. The molecule has 0 aliphatic heterocycles. The summed E-state index contributed by atoms with van der Waals surface area (Å²) < 4.78 is 0. The molecule has 0 unspecified atom stereocenters. The fraction of sp³-hybridized carbons (Fsp3) is 0.375. The number of hydrogen-bond donors (Lipinski definition) is 0. The molecule has 0 nitrogen and oxygen atoms in total. The van der Waals surface area contributed by atoms with Crippen LogP contribution in [0.25, 0.3) is 0 Å². The van der Waals surface area contributed by atoms with E-state index in [0.717, 1.165) is 0 Å². The maximum absolute atomic E-state index is 2.20. The molecule has 0 aliphatic rings. The summed E-state index contributed by atoms with van der Waals surface area (Å²) in [7, 11) is 0. The fourth-order valence-electron chi connectivity index (χ4n) is 1.74. The molecule has 2 rings (SSSR count). The SMILES string of the molecule is CCC[c-]1cccc1.CCC[c-]1cccc1.[Ti+2]. The Labute approximate surface area is 121 Å². The van der Waals surface area contributed by atoms with Gasteiger partial charge in [0.25, 0.3) is 0 Å². The quantitative estimate of drug-likeness (QED) is 0.552. The first-order valence-corrected chi connectivity index (χ1v) is 6.28. The third-order valence-corrected chi connectivity index (χ3v) is 2.54. The van der Waals surface area contributed by atoms with E-state index in [2.05, 4.69) is 62.4 Å². The van der Waals surface area contributed by atoms with E-state index in [0.29, 0.717) is 0 Å². The summed E-state index contributed by atoms with van der Waals surface area (Å²) in [5, 5.41) is 0. The molecule has 0 fully saturated rings. The van der Waals surface area contributed by atoms with Crippen LogP contribution in [0.5, 0.6) is 0 Å². The van der Waals surface area contributed by atoms with Crippen molar-refractivity contribution in [2.45, 2.75) is 39.5 Å². The summed E-state index contributed by atoms with van der Waals surface area (Å²) in [6.07, 6.45) is 4.97. The number of aryl methyl sites for hydroxylation is 2. The fourth-order valence-corrected chi connectivity index (χ4v) is 1.74. The van der Waals surface area contributed by atoms with Gasteiger partial charge in [0.15, 0.2) is 0 Å². The first-order valence-electron chi connectivity index (χ1n) is 6.28. The molecule has 0 amide bonds. The Bertz CT molecular complexity index is 293. The molecule has 0 radical (unpaired) electrons. The van der Waals surface area contributed by atoms with Gasteiger partial charge in [0.2, 0.25) is 0 Å². The zero-order chi connectivity index (χ0) is 11.6. The van der Waals surface area contributed by atoms with Crippen LogP contribution in [0.4, 0.5) is 0 Å². The van der Waals surface area contributed by atoms with Crippen molar-refractivity contribution in [3.05, 3.63) is 59.7 Å². The summed E-state index contributed by atoms with van der Waals surface area (Å²) in [5.74, 6) is 0. The topological polar surface area (TPSA) is 0 Å². The van der Waals surface area contributed by atoms with Crippen molar-refractivity contribution in [3.8, 4) is 0 Å². The van der Waals surface area contributed by atoms with Gasteiger partial charge in [0, 0.05) is 0 Å². The van der Waals surface area contributed by atoms with Crippen LogP contribution in [0.1, 0.15) is 37.8 Å². The average Bonchev–Trinajstić information content (AvgIpc) is 2.92. The first-order chi connectivity index (χ1) is 7.86. The van der Waals surface area contributed by atoms with Crippen molar-refractivity contribution >= 4 is 0 Å². The van der Waals surface area contributed by atoms with Crippen molar-refractivity contribution in [1.29, 1.82) is 0 Å². The van der Waals surface area contributed by atoms with Gasteiger partial charge in [0.05, 0.1) is 0 Å². The molecule has 0 heterocycles. The Morgan fingerprint density at radius 1 is 0.647 bits per heavy atom. The smallest absolute Gasteiger partial charge is 0.213 e. The minimum absolute atomic E-state index is 0. The molecule has 0 N–H and O–H groups in total. The maximum atomic E-state index is 2.20. The molecular weight excluding hydrogens is 240 g/mol. The summed E-state index contributed by atoms with van der Waals surface area (Å²) >= 11 is 0. The van der Waals surface area contributed by atoms with Crippen molar-refractivity contribution < 1.29 is 21.7 Å². The maximum Gasteiger partial charge on any atom is 2.00 e. The zero-order valence-corrected chi connectivity index (χ0v) is 12.5. The molecule has 0 spiro atoms. The summed E-state index contributed by atoms with van der Waals surface area (Å²) in [6.45, 7) is 4.40. The van der Waals surface area contributed by atoms with E-state index in [-0.39, 0.29) is 21.7 Å². The van der Waals surface area contributed by atoms with Crippen molar-refractivity contribution in [2.75, 3.05) is 0 Å². The third-order valence-electron chi connectivity index (χ3n) is 2.54. The summed E-state index contributed by atoms with van der Waals surface area (Å²) in [6, 6.07) is 17.0. The van der Waals surface area contributed by atoms with E-state index in [9.17, 15) is 0 Å². The van der Waals surface area contributed by atoms with E-state index in [1.807, 2.05) is 0 Å². The normalized spacial score (nSPS) is 9.06. The number of hydrogen-bond acceptors (Lipinski definition) is 0. The Balaban J connectivity index is 0.000000284. The Kier molecular flexibility index (Phi) is 10.2. The predicted molar refractivity (Wildman–Crippen MR) is 72.1 cm³/mol. The predicted octanol–water partition coefficient (Wildman–Crippen LogP) is 4.71. The second-order valence-electron chi connectivity index (χ2n) is 4.09. The van der Waals surface area contributed by atoms with Crippen LogP contribution in [-0.4, -0.2) is 0 Å². The molecule has 2 aromatic carbocycles. The van der Waals surface area contributed by atoms with Gasteiger partial charge in [0.1, 0.15) is 0 Å². The minimum atomic E-state index is 0. The molecule has 17 heavy (non-hydrogen) atoms. The van der Waals surface area contributed by atoms with E-state index in [1.165, 1.54) is 36.8 Å². The number of rotatable bonds is 4. The minimum Gasteiger partial charge on any atom is -0.213 e. The van der Waals surface area contributed by atoms with Crippen LogP contribution in [0.2, 0.25) is 0 Å². The van der Waals surface area contributed by atoms with E-state index in [1.54, 1.807) is 0 Å². The molecule has 0 saturated carbocycles. The summed E-state index contributed by atoms with van der Waals surface area (Å²) in [4.78, 5) is 0. The van der Waals surface area contributed by atoms with Crippen LogP contribution in [0.15, 0.2) is 48.5 Å². The molecule has 2 aromatic rings. The Morgan fingerprint density at radius 3 is 1.18 bits per heavy atom. The standard InChI is InChI=1S/2C8H11.Ti/c2*1-2-5-8-6-3-4-7-8;/h2*3-4,6-7H,2,5H2,1H3;/q2*-1;+2. The Hall–Kier alpha value is -0.586. The van der Waals surface area contributed by atoms with Gasteiger partial charge >= 0.3 is 21.7 Å². The van der Waals surface area contributed by atoms with Gasteiger partial charge in [-0.3, -0.25) is 0 Å². The summed E-state index contributed by atoms with van der Waals surface area (Å²) in [5.41, 5.74) is 2.93. The second-order valence-corrected chi connectivity index (χ2v) is 4.09. The largest absolute Gasteiger partial charge is 2.00 e. The van der Waals surface area contributed by atoms with Gasteiger partial charge in [-0.25, -0.2) is 24.3 Å². The van der Waals surface area contributed by atoms with Gasteiger partial charge in [-0.15, -0.1) is 0 Å². The molecule has 0 aliphatic carbocycles. The molecular formula is C16H22Ti. The van der Waals surface area contributed by atoms with Crippen molar-refractivity contribution in [2.24, 2.45) is 0 Å². The third kappa shape index (κ3) is 7.36. The Morgan fingerprint density at radius 2 is 0.941 bits per heavy atom. The molecule has 0 aromatic heterocycles. The monoisotopic (exact) mass is 262 g/mol. The van der Waals surface area contributed by atoms with Crippen LogP contribution < -0.4 is 0 Å². The van der Waals surface area contributed by atoms with Crippen LogP contribution >= 0.6 is 0 Å². The average molecular weight is 262 g/mol. The van der Waals surface area contributed by atoms with Crippen LogP contribution in [0, 0.1) is 0 Å². The molecule has 1 heteroatoms. The molecule has 0 atom stereocenters. The van der Waals surface area contributed by atoms with Crippen molar-refractivity contribution in [3.63, 3.8) is 0 Å². The molecule has 90 valence electrons. The van der Waals surface area contributed by atoms with E-state index < -0.39 is 0 Å². The second kappa shape index (κ2) is 10.6. The van der Waals surface area contributed by atoms with E-state index in [4.69, 9.17) is 0 Å². The van der Waals surface area contributed by atoms with Crippen LogP contribution in [-0.2, 0) is 34.6 Å². The van der Waals surface area contributed by atoms with Gasteiger partial charge in [-0.1, -0.05) is 39.5 Å². The van der Waals surface area contributed by atoms with E-state index >= 15 is 0 Å². The first kappa shape index (κ1) is 16.4. The van der Waals surface area contributed by atoms with Crippen LogP contribution in [0.3, 0.4) is 0 Å².